The molecule has 2 saturated heterocycles. The lowest BCUT2D eigenvalue weighted by atomic mass is 9.74. The van der Waals surface area contributed by atoms with Gasteiger partial charge >= 0.3 is 11.9 Å². The molecular formula is C25H21F5N4O4. The van der Waals surface area contributed by atoms with E-state index in [1.165, 1.54) is 7.11 Å². The summed E-state index contributed by atoms with van der Waals surface area (Å²) in [5.74, 6) is -1.88. The van der Waals surface area contributed by atoms with Gasteiger partial charge < -0.3 is 19.1 Å². The van der Waals surface area contributed by atoms with Crippen LogP contribution in [0.3, 0.4) is 0 Å². The highest BCUT2D eigenvalue weighted by Crippen LogP contribution is 2.58. The summed E-state index contributed by atoms with van der Waals surface area (Å²) in [6, 6.07) is 3.60. The Morgan fingerprint density at radius 1 is 1.13 bits per heavy atom. The maximum absolute atomic E-state index is 14.6. The Labute approximate surface area is 212 Å². The summed E-state index contributed by atoms with van der Waals surface area (Å²) in [6.45, 7) is 1.33. The summed E-state index contributed by atoms with van der Waals surface area (Å²) in [6.07, 6.45) is -1.82. The van der Waals surface area contributed by atoms with Gasteiger partial charge in [-0.05, 0) is 42.5 Å². The largest absolute Gasteiger partial charge is 0.489 e. The lowest BCUT2D eigenvalue weighted by Crippen LogP contribution is -2.44. The van der Waals surface area contributed by atoms with Crippen LogP contribution in [0, 0.1) is 17.6 Å². The molecule has 3 aromatic rings. The zero-order valence-electron chi connectivity index (χ0n) is 20.0. The van der Waals surface area contributed by atoms with Gasteiger partial charge in [0.1, 0.15) is 11.4 Å². The smallest absolute Gasteiger partial charge is 0.433 e. The third-order valence-corrected chi connectivity index (χ3v) is 7.27. The van der Waals surface area contributed by atoms with Crippen LogP contribution in [0.4, 0.5) is 27.8 Å². The zero-order valence-corrected chi connectivity index (χ0v) is 20.0. The molecule has 2 bridgehead atoms. The fraction of sp³-hybridized carbons (Fsp3) is 0.400. The van der Waals surface area contributed by atoms with Crippen molar-refractivity contribution in [3.05, 3.63) is 63.8 Å². The molecule has 200 valence electrons. The van der Waals surface area contributed by atoms with Crippen LogP contribution < -0.4 is 24.8 Å². The number of pyridine rings is 1. The first kappa shape index (κ1) is 24.4. The van der Waals surface area contributed by atoms with Gasteiger partial charge in [-0.15, -0.1) is 0 Å². The van der Waals surface area contributed by atoms with Crippen LogP contribution in [-0.4, -0.2) is 40.3 Å². The van der Waals surface area contributed by atoms with Crippen LogP contribution in [0.25, 0.3) is 0 Å². The van der Waals surface area contributed by atoms with E-state index in [-0.39, 0.29) is 30.0 Å². The number of nitrogens with zero attached hydrogens (tertiary/aromatic N) is 4. The number of rotatable bonds is 7. The van der Waals surface area contributed by atoms with Crippen molar-refractivity contribution in [1.29, 1.82) is 0 Å². The molecular weight excluding hydrogens is 515 g/mol. The van der Waals surface area contributed by atoms with Crippen molar-refractivity contribution in [2.24, 2.45) is 5.92 Å². The molecule has 38 heavy (non-hydrogen) atoms. The second-order valence-electron chi connectivity index (χ2n) is 9.72. The third-order valence-electron chi connectivity index (χ3n) is 7.27. The van der Waals surface area contributed by atoms with Crippen LogP contribution >= 0.6 is 0 Å². The Morgan fingerprint density at radius 3 is 2.55 bits per heavy atom. The molecule has 0 atom stereocenters. The summed E-state index contributed by atoms with van der Waals surface area (Å²) in [5.41, 5.74) is -1.56. The standard InChI is InChI=1S/C25H21F5N4O4/c1-36-20-21(32-23(35)33-12-24-9-14(10-24)11-34(24)22(20)33)37-5-3-13-6-16(26)19(17(27)7-13)38-15-2-4-31-18(8-15)25(28,29)30/h2,4,6-8,14H,3,5,9-12H2,1H3. The molecule has 2 aromatic heterocycles. The maximum atomic E-state index is 14.6. The van der Waals surface area contributed by atoms with Gasteiger partial charge in [0.05, 0.1) is 25.8 Å². The molecule has 7 rings (SSSR count). The molecule has 0 N–H and O–H groups in total. The molecule has 1 saturated carbocycles. The van der Waals surface area contributed by atoms with Gasteiger partial charge in [-0.1, -0.05) is 0 Å². The van der Waals surface area contributed by atoms with E-state index in [1.54, 1.807) is 4.57 Å². The Balaban J connectivity index is 1.17. The van der Waals surface area contributed by atoms with Gasteiger partial charge in [0, 0.05) is 25.2 Å². The van der Waals surface area contributed by atoms with Crippen LogP contribution in [-0.2, 0) is 19.1 Å². The van der Waals surface area contributed by atoms with E-state index >= 15 is 0 Å². The fourth-order valence-corrected chi connectivity index (χ4v) is 5.70. The highest BCUT2D eigenvalue weighted by molar-refractivity contribution is 5.64. The minimum atomic E-state index is -4.74. The number of hydrogen-bond acceptors (Lipinski definition) is 7. The molecule has 3 aliphatic heterocycles. The van der Waals surface area contributed by atoms with Crippen molar-refractivity contribution in [2.75, 3.05) is 25.2 Å². The number of halogens is 5. The fourth-order valence-electron chi connectivity index (χ4n) is 5.70. The van der Waals surface area contributed by atoms with Crippen molar-refractivity contribution in [3.8, 4) is 23.1 Å². The molecule has 4 aliphatic rings. The monoisotopic (exact) mass is 536 g/mol. The van der Waals surface area contributed by atoms with E-state index in [4.69, 9.17) is 14.2 Å². The van der Waals surface area contributed by atoms with E-state index < -0.39 is 40.7 Å². The lowest BCUT2D eigenvalue weighted by molar-refractivity contribution is -0.141. The maximum Gasteiger partial charge on any atom is 0.433 e. The number of ether oxygens (including phenoxy) is 3. The van der Waals surface area contributed by atoms with Gasteiger partial charge in [-0.2, -0.15) is 18.2 Å². The summed E-state index contributed by atoms with van der Waals surface area (Å²) < 4.78 is 85.8. The SMILES string of the molecule is COc1c(OCCc2cc(F)c(Oc3ccnc(C(F)(F)F)c3)c(F)c2)nc(=O)n2c1N1CC3CC1(C3)C2. The van der Waals surface area contributed by atoms with Crippen molar-refractivity contribution >= 4 is 5.82 Å². The number of alkyl halides is 3. The quantitative estimate of drug-likeness (QED) is 0.416. The molecule has 1 aliphatic carbocycles. The first-order valence-electron chi connectivity index (χ1n) is 11.9. The molecule has 1 aromatic carbocycles. The Hall–Kier alpha value is -3.90. The molecule has 3 fully saturated rings. The minimum Gasteiger partial charge on any atom is -0.489 e. The number of benzene rings is 1. The van der Waals surface area contributed by atoms with E-state index in [9.17, 15) is 26.7 Å². The molecule has 0 amide bonds. The summed E-state index contributed by atoms with van der Waals surface area (Å²) in [7, 11) is 1.46. The van der Waals surface area contributed by atoms with Crippen LogP contribution in [0.15, 0.2) is 35.3 Å². The van der Waals surface area contributed by atoms with Crippen molar-refractivity contribution < 1.29 is 36.2 Å². The average Bonchev–Trinajstić information content (AvgIpc) is 3.47. The number of aromatic nitrogens is 3. The Morgan fingerprint density at radius 2 is 1.87 bits per heavy atom. The van der Waals surface area contributed by atoms with Crippen LogP contribution in [0.1, 0.15) is 24.1 Å². The molecule has 8 nitrogen and oxygen atoms in total. The van der Waals surface area contributed by atoms with E-state index in [2.05, 4.69) is 14.9 Å². The van der Waals surface area contributed by atoms with Crippen LogP contribution in [0.5, 0.6) is 23.1 Å². The normalized spacial score (nSPS) is 21.1. The van der Waals surface area contributed by atoms with E-state index in [0.717, 1.165) is 43.8 Å². The number of hydrogen-bond donors (Lipinski definition) is 0. The molecule has 0 radical (unpaired) electrons. The highest BCUT2D eigenvalue weighted by Gasteiger charge is 2.61. The highest BCUT2D eigenvalue weighted by atomic mass is 19.4. The van der Waals surface area contributed by atoms with Crippen molar-refractivity contribution in [1.82, 2.24) is 14.5 Å². The Bertz CT molecular complexity index is 1460. The number of fused-ring (bicyclic) bond motifs is 1. The number of methoxy groups -OCH3 is 1. The first-order valence-corrected chi connectivity index (χ1v) is 11.9. The summed E-state index contributed by atoms with van der Waals surface area (Å²) in [5, 5.41) is 0. The summed E-state index contributed by atoms with van der Waals surface area (Å²) >= 11 is 0. The van der Waals surface area contributed by atoms with E-state index in [0.29, 0.717) is 30.1 Å². The van der Waals surface area contributed by atoms with Gasteiger partial charge in [0.2, 0.25) is 5.75 Å². The number of anilines is 1. The molecule has 13 heteroatoms. The van der Waals surface area contributed by atoms with Crippen molar-refractivity contribution in [3.63, 3.8) is 0 Å². The first-order chi connectivity index (χ1) is 18.1. The molecule has 1 spiro atoms. The predicted octanol–water partition coefficient (Wildman–Crippen LogP) is 4.34. The predicted molar refractivity (Wildman–Crippen MR) is 123 cm³/mol. The minimum absolute atomic E-state index is 0.00366. The van der Waals surface area contributed by atoms with Gasteiger partial charge in [-0.25, -0.2) is 13.6 Å². The van der Waals surface area contributed by atoms with Gasteiger partial charge in [0.25, 0.3) is 5.88 Å². The second kappa shape index (κ2) is 8.57. The third kappa shape index (κ3) is 3.91. The second-order valence-corrected chi connectivity index (χ2v) is 9.72. The van der Waals surface area contributed by atoms with Gasteiger partial charge in [0.15, 0.2) is 23.2 Å². The van der Waals surface area contributed by atoms with E-state index in [1.807, 2.05) is 0 Å². The molecule has 0 unspecified atom stereocenters. The van der Waals surface area contributed by atoms with Gasteiger partial charge in [-0.3, -0.25) is 9.55 Å². The summed E-state index contributed by atoms with van der Waals surface area (Å²) in [4.78, 5) is 22.1. The van der Waals surface area contributed by atoms with Crippen LogP contribution in [0.2, 0.25) is 0 Å². The molecule has 5 heterocycles. The van der Waals surface area contributed by atoms with Crippen molar-refractivity contribution in [2.45, 2.75) is 37.5 Å². The lowest BCUT2D eigenvalue weighted by Gasteiger charge is -2.37. The zero-order chi connectivity index (χ0) is 26.8. The Kier molecular flexibility index (Phi) is 5.51. The topological polar surface area (TPSA) is 78.7 Å². The average molecular weight is 536 g/mol.